The SMILES string of the molecule is COc1c2c(c(OC)c3c1C1CC3c3cc4cc5ccccc5cc4cc31)C1CC2c2cc3cc4ccccc4cc3cc21. The molecule has 0 heterocycles. The Labute approximate surface area is 255 Å². The average Bonchev–Trinajstić information content (AvgIpc) is 3.82. The zero-order chi connectivity index (χ0) is 28.8. The molecule has 7 aromatic carbocycles. The van der Waals surface area contributed by atoms with E-state index in [4.69, 9.17) is 9.47 Å². The molecule has 0 radical (unpaired) electrons. The first-order valence-electron chi connectivity index (χ1n) is 15.9. The predicted molar refractivity (Wildman–Crippen MR) is 179 cm³/mol. The summed E-state index contributed by atoms with van der Waals surface area (Å²) >= 11 is 0. The van der Waals surface area contributed by atoms with Gasteiger partial charge in [-0.1, -0.05) is 72.8 Å². The van der Waals surface area contributed by atoms with E-state index < -0.39 is 0 Å². The Balaban J connectivity index is 1.13. The Bertz CT molecular complexity index is 2120. The van der Waals surface area contributed by atoms with Crippen LogP contribution in [0.25, 0.3) is 43.1 Å². The van der Waals surface area contributed by atoms with Gasteiger partial charge >= 0.3 is 0 Å². The van der Waals surface area contributed by atoms with E-state index in [9.17, 15) is 0 Å². The third-order valence-electron chi connectivity index (χ3n) is 11.6. The first-order chi connectivity index (χ1) is 21.7. The molecule has 2 nitrogen and oxygen atoms in total. The maximum absolute atomic E-state index is 6.47. The van der Waals surface area contributed by atoms with Gasteiger partial charge in [0.1, 0.15) is 11.5 Å². The summed E-state index contributed by atoms with van der Waals surface area (Å²) in [4.78, 5) is 0. The molecule has 4 atom stereocenters. The lowest BCUT2D eigenvalue weighted by Gasteiger charge is -2.31. The molecule has 0 aliphatic heterocycles. The number of hydrogen-bond acceptors (Lipinski definition) is 2. The summed E-state index contributed by atoms with van der Waals surface area (Å²) in [7, 11) is 3.78. The van der Waals surface area contributed by atoms with Crippen molar-refractivity contribution in [1.82, 2.24) is 0 Å². The van der Waals surface area contributed by atoms with E-state index in [1.807, 2.05) is 14.2 Å². The van der Waals surface area contributed by atoms with E-state index in [0.29, 0.717) is 23.7 Å². The van der Waals surface area contributed by atoms with E-state index >= 15 is 0 Å². The molecule has 11 rings (SSSR count). The van der Waals surface area contributed by atoms with Gasteiger partial charge in [-0.05, 0) is 102 Å². The third kappa shape index (κ3) is 2.74. The molecule has 4 bridgehead atoms. The Morgan fingerprint density at radius 3 is 0.909 bits per heavy atom. The second-order valence-corrected chi connectivity index (χ2v) is 13.5. The molecule has 4 aliphatic rings. The number of ether oxygens (including phenoxy) is 2. The van der Waals surface area contributed by atoms with Crippen molar-refractivity contribution in [3.05, 3.63) is 142 Å². The van der Waals surface area contributed by atoms with Gasteiger partial charge in [-0.15, -0.1) is 0 Å². The minimum absolute atomic E-state index is 0.344. The highest BCUT2D eigenvalue weighted by atomic mass is 16.5. The fraction of sp³-hybridized carbons (Fsp3) is 0.190. The van der Waals surface area contributed by atoms with Crippen molar-refractivity contribution in [1.29, 1.82) is 0 Å². The van der Waals surface area contributed by atoms with Crippen LogP contribution in [0.15, 0.2) is 97.1 Å². The van der Waals surface area contributed by atoms with Crippen LogP contribution in [0.3, 0.4) is 0 Å². The Hall–Kier alpha value is -4.82. The largest absolute Gasteiger partial charge is 0.496 e. The van der Waals surface area contributed by atoms with Crippen LogP contribution in [0.5, 0.6) is 11.5 Å². The highest BCUT2D eigenvalue weighted by molar-refractivity contribution is 6.01. The second kappa shape index (κ2) is 8.01. The molecule has 0 saturated carbocycles. The number of methoxy groups -OCH3 is 2. The van der Waals surface area contributed by atoms with Crippen LogP contribution in [-0.4, -0.2) is 14.2 Å². The van der Waals surface area contributed by atoms with Gasteiger partial charge in [-0.25, -0.2) is 0 Å². The first kappa shape index (κ1) is 23.6. The standard InChI is InChI=1S/C42H30O2/c1-43-41-37-33-19-35(31-17-27-13-23-9-5-3-7-21(23)11-25(27)15-29(31)33)39(37)42(44-2)40-36-20-34(38(40)41)30-16-26-12-22-8-4-6-10-24(22)14-28(26)18-32(30)36/h3-18,33-36H,19-20H2,1-2H3. The van der Waals surface area contributed by atoms with Crippen LogP contribution in [0.4, 0.5) is 0 Å². The van der Waals surface area contributed by atoms with Crippen molar-refractivity contribution in [3.63, 3.8) is 0 Å². The van der Waals surface area contributed by atoms with Gasteiger partial charge in [0.25, 0.3) is 0 Å². The topological polar surface area (TPSA) is 18.5 Å². The number of hydrogen-bond donors (Lipinski definition) is 0. The van der Waals surface area contributed by atoms with Crippen molar-refractivity contribution >= 4 is 43.1 Å². The minimum atomic E-state index is 0.344. The lowest BCUT2D eigenvalue weighted by molar-refractivity contribution is 0.388. The van der Waals surface area contributed by atoms with Crippen LogP contribution >= 0.6 is 0 Å². The number of rotatable bonds is 2. The van der Waals surface area contributed by atoms with Crippen molar-refractivity contribution in [3.8, 4) is 11.5 Å². The monoisotopic (exact) mass is 566 g/mol. The highest BCUT2D eigenvalue weighted by Gasteiger charge is 2.52. The number of benzene rings is 7. The lowest BCUT2D eigenvalue weighted by atomic mass is 9.76. The van der Waals surface area contributed by atoms with E-state index in [-0.39, 0.29) is 0 Å². The molecule has 4 unspecified atom stereocenters. The smallest absolute Gasteiger partial charge is 0.127 e. The van der Waals surface area contributed by atoms with Gasteiger partial charge in [-0.2, -0.15) is 0 Å². The molecular formula is C42H30O2. The Kier molecular flexibility index (Phi) is 4.30. The molecule has 210 valence electrons. The van der Waals surface area contributed by atoms with Crippen molar-refractivity contribution < 1.29 is 9.47 Å². The summed E-state index contributed by atoms with van der Waals surface area (Å²) in [5.74, 6) is 3.63. The average molecular weight is 567 g/mol. The van der Waals surface area contributed by atoms with E-state index in [0.717, 1.165) is 24.3 Å². The molecule has 44 heavy (non-hydrogen) atoms. The number of fused-ring (bicyclic) bond motifs is 20. The molecular weight excluding hydrogens is 536 g/mol. The van der Waals surface area contributed by atoms with Gasteiger partial charge in [0.05, 0.1) is 14.2 Å². The fourth-order valence-electron chi connectivity index (χ4n) is 9.94. The summed E-state index contributed by atoms with van der Waals surface area (Å²) in [6.45, 7) is 0. The van der Waals surface area contributed by atoms with E-state index in [1.54, 1.807) is 0 Å². The first-order valence-corrected chi connectivity index (χ1v) is 15.9. The van der Waals surface area contributed by atoms with Crippen molar-refractivity contribution in [2.75, 3.05) is 14.2 Å². The maximum atomic E-state index is 6.47. The fourth-order valence-corrected chi connectivity index (χ4v) is 9.94. The molecule has 2 heteroatoms. The van der Waals surface area contributed by atoms with Gasteiger partial charge in [0.2, 0.25) is 0 Å². The second-order valence-electron chi connectivity index (χ2n) is 13.5. The van der Waals surface area contributed by atoms with Crippen LogP contribution < -0.4 is 9.47 Å². The maximum Gasteiger partial charge on any atom is 0.127 e. The Morgan fingerprint density at radius 2 is 0.659 bits per heavy atom. The van der Waals surface area contributed by atoms with Gasteiger partial charge < -0.3 is 9.47 Å². The zero-order valence-electron chi connectivity index (χ0n) is 24.8. The van der Waals surface area contributed by atoms with Crippen LogP contribution in [0.2, 0.25) is 0 Å². The molecule has 0 aromatic heterocycles. The van der Waals surface area contributed by atoms with Crippen LogP contribution in [0.1, 0.15) is 81.0 Å². The summed E-state index contributed by atoms with van der Waals surface area (Å²) in [5, 5.41) is 10.5. The minimum Gasteiger partial charge on any atom is -0.496 e. The predicted octanol–water partition coefficient (Wildman–Crippen LogP) is 10.3. The van der Waals surface area contributed by atoms with Gasteiger partial charge in [0.15, 0.2) is 0 Å². The quantitative estimate of drug-likeness (QED) is 0.194. The van der Waals surface area contributed by atoms with Gasteiger partial charge in [-0.3, -0.25) is 0 Å². The summed E-state index contributed by atoms with van der Waals surface area (Å²) in [6.07, 6.45) is 2.21. The van der Waals surface area contributed by atoms with E-state index in [2.05, 4.69) is 97.1 Å². The third-order valence-corrected chi connectivity index (χ3v) is 11.6. The summed E-state index contributed by atoms with van der Waals surface area (Å²) < 4.78 is 12.9. The van der Waals surface area contributed by atoms with Crippen LogP contribution in [-0.2, 0) is 0 Å². The normalized spacial score (nSPS) is 21.7. The molecule has 0 amide bonds. The highest BCUT2D eigenvalue weighted by Crippen LogP contribution is 2.69. The van der Waals surface area contributed by atoms with Crippen LogP contribution in [0, 0.1) is 0 Å². The molecule has 4 aliphatic carbocycles. The zero-order valence-corrected chi connectivity index (χ0v) is 24.8. The van der Waals surface area contributed by atoms with Crippen molar-refractivity contribution in [2.45, 2.75) is 36.5 Å². The molecule has 0 saturated heterocycles. The Morgan fingerprint density at radius 1 is 0.386 bits per heavy atom. The van der Waals surface area contributed by atoms with Gasteiger partial charge in [0, 0.05) is 45.9 Å². The lowest BCUT2D eigenvalue weighted by Crippen LogP contribution is -2.14. The van der Waals surface area contributed by atoms with Crippen molar-refractivity contribution in [2.24, 2.45) is 0 Å². The molecule has 0 fully saturated rings. The summed E-state index contributed by atoms with van der Waals surface area (Å²) in [6, 6.07) is 36.8. The molecule has 0 spiro atoms. The molecule has 0 N–H and O–H groups in total. The molecule has 7 aromatic rings. The van der Waals surface area contributed by atoms with E-state index in [1.165, 1.54) is 87.6 Å². The summed E-state index contributed by atoms with van der Waals surface area (Å²) in [5.41, 5.74) is 11.5.